The molecule has 1 heterocycles. The van der Waals surface area contributed by atoms with Gasteiger partial charge in [0, 0.05) is 4.70 Å². The molecule has 0 spiro atoms. The summed E-state index contributed by atoms with van der Waals surface area (Å²) >= 11 is 1.44. The lowest BCUT2D eigenvalue weighted by Crippen LogP contribution is -1.84. The van der Waals surface area contributed by atoms with Gasteiger partial charge in [0.1, 0.15) is 0 Å². The zero-order valence-electron chi connectivity index (χ0n) is 7.79. The van der Waals surface area contributed by atoms with Crippen LogP contribution >= 0.6 is 11.3 Å². The fourth-order valence-corrected chi connectivity index (χ4v) is 2.49. The van der Waals surface area contributed by atoms with Gasteiger partial charge < -0.3 is 5.11 Å². The molecule has 68 valence electrons. The van der Waals surface area contributed by atoms with Crippen molar-refractivity contribution in [2.45, 2.75) is 20.3 Å². The topological polar surface area (TPSA) is 20.2 Å². The Kier molecular flexibility index (Phi) is 2.00. The smallest absolute Gasteiger partial charge is 0.172 e. The average Bonchev–Trinajstić information content (AvgIpc) is 2.42. The molecular weight excluding hydrogens is 180 g/mol. The van der Waals surface area contributed by atoms with Crippen molar-refractivity contribution in [2.24, 2.45) is 0 Å². The number of hydrogen-bond acceptors (Lipinski definition) is 2. The summed E-state index contributed by atoms with van der Waals surface area (Å²) in [5, 5.41) is 10.9. The van der Waals surface area contributed by atoms with Gasteiger partial charge in [-0.05, 0) is 48.1 Å². The summed E-state index contributed by atoms with van der Waals surface area (Å²) in [6, 6.07) is 6.15. The van der Waals surface area contributed by atoms with Crippen LogP contribution in [0.4, 0.5) is 0 Å². The molecule has 0 unspecified atom stereocenters. The van der Waals surface area contributed by atoms with Crippen LogP contribution in [0, 0.1) is 6.92 Å². The lowest BCUT2D eigenvalue weighted by Gasteiger charge is -2.01. The minimum Gasteiger partial charge on any atom is -0.499 e. The molecule has 0 aliphatic rings. The van der Waals surface area contributed by atoms with Gasteiger partial charge in [-0.1, -0.05) is 18.3 Å². The number of aromatic hydroxyl groups is 1. The fraction of sp³-hybridized carbons (Fsp3) is 0.273. The summed E-state index contributed by atoms with van der Waals surface area (Å²) in [6.45, 7) is 4.27. The Morgan fingerprint density at radius 2 is 2.08 bits per heavy atom. The monoisotopic (exact) mass is 192 g/mol. The molecule has 0 amide bonds. The van der Waals surface area contributed by atoms with E-state index in [0.29, 0.717) is 5.06 Å². The highest BCUT2D eigenvalue weighted by Gasteiger charge is 2.03. The molecule has 1 nitrogen and oxygen atoms in total. The van der Waals surface area contributed by atoms with E-state index in [0.717, 1.165) is 11.8 Å². The molecule has 0 radical (unpaired) electrons. The van der Waals surface area contributed by atoms with Crippen LogP contribution in [0.1, 0.15) is 18.1 Å². The molecule has 0 aliphatic heterocycles. The molecule has 0 aliphatic carbocycles. The summed E-state index contributed by atoms with van der Waals surface area (Å²) in [5.41, 5.74) is 2.68. The van der Waals surface area contributed by atoms with Crippen molar-refractivity contribution in [1.82, 2.24) is 0 Å². The molecular formula is C11H12OS. The third kappa shape index (κ3) is 1.42. The van der Waals surface area contributed by atoms with Crippen molar-refractivity contribution in [3.63, 3.8) is 0 Å². The van der Waals surface area contributed by atoms with Crippen LogP contribution in [-0.2, 0) is 6.42 Å². The van der Waals surface area contributed by atoms with Crippen LogP contribution in [0.2, 0.25) is 0 Å². The van der Waals surface area contributed by atoms with Gasteiger partial charge in [0.2, 0.25) is 0 Å². The van der Waals surface area contributed by atoms with Crippen molar-refractivity contribution in [3.05, 3.63) is 29.3 Å². The Bertz CT molecular complexity index is 443. The first-order chi connectivity index (χ1) is 6.20. The molecule has 2 aromatic rings. The molecule has 0 bridgehead atoms. The fourth-order valence-electron chi connectivity index (χ4n) is 1.60. The van der Waals surface area contributed by atoms with Gasteiger partial charge in [0.15, 0.2) is 5.06 Å². The molecule has 0 saturated heterocycles. The maximum absolute atomic E-state index is 9.33. The van der Waals surface area contributed by atoms with Gasteiger partial charge in [0.05, 0.1) is 0 Å². The number of fused-ring (bicyclic) bond motifs is 1. The van der Waals surface area contributed by atoms with E-state index in [-0.39, 0.29) is 0 Å². The van der Waals surface area contributed by atoms with E-state index in [9.17, 15) is 5.11 Å². The van der Waals surface area contributed by atoms with E-state index in [1.54, 1.807) is 0 Å². The average molecular weight is 192 g/mol. The SMILES string of the molecule is CCc1cc2cc(O)sc2cc1C. The van der Waals surface area contributed by atoms with Crippen LogP contribution < -0.4 is 0 Å². The number of benzene rings is 1. The minimum absolute atomic E-state index is 0.405. The summed E-state index contributed by atoms with van der Waals surface area (Å²) in [5.74, 6) is 0. The zero-order valence-corrected chi connectivity index (χ0v) is 8.61. The van der Waals surface area contributed by atoms with Crippen molar-refractivity contribution in [2.75, 3.05) is 0 Å². The Labute approximate surface area is 81.6 Å². The molecule has 0 atom stereocenters. The first kappa shape index (κ1) is 8.57. The van der Waals surface area contributed by atoms with E-state index >= 15 is 0 Å². The van der Waals surface area contributed by atoms with Crippen LogP contribution in [0.5, 0.6) is 5.06 Å². The summed E-state index contributed by atoms with van der Waals surface area (Å²) in [4.78, 5) is 0. The molecule has 0 fully saturated rings. The van der Waals surface area contributed by atoms with Crippen LogP contribution in [0.15, 0.2) is 18.2 Å². The molecule has 2 rings (SSSR count). The van der Waals surface area contributed by atoms with Crippen molar-refractivity contribution < 1.29 is 5.11 Å². The molecule has 1 aromatic carbocycles. The molecule has 0 saturated carbocycles. The highest BCUT2D eigenvalue weighted by molar-refractivity contribution is 7.20. The van der Waals surface area contributed by atoms with Crippen LogP contribution in [-0.4, -0.2) is 5.11 Å². The second-order valence-corrected chi connectivity index (χ2v) is 4.32. The van der Waals surface area contributed by atoms with Crippen molar-refractivity contribution in [3.8, 4) is 5.06 Å². The molecule has 1 N–H and O–H groups in total. The maximum atomic E-state index is 9.33. The Morgan fingerprint density at radius 3 is 2.77 bits per heavy atom. The maximum Gasteiger partial charge on any atom is 0.172 e. The predicted octanol–water partition coefficient (Wildman–Crippen LogP) is 3.48. The number of rotatable bonds is 1. The molecule has 1 aromatic heterocycles. The zero-order chi connectivity index (χ0) is 9.42. The number of aryl methyl sites for hydroxylation is 2. The second kappa shape index (κ2) is 3.04. The van der Waals surface area contributed by atoms with E-state index in [2.05, 4.69) is 26.0 Å². The number of thiophene rings is 1. The van der Waals surface area contributed by atoms with Gasteiger partial charge in [-0.15, -0.1) is 0 Å². The quantitative estimate of drug-likeness (QED) is 0.733. The largest absolute Gasteiger partial charge is 0.499 e. The Hall–Kier alpha value is -1.02. The molecule has 13 heavy (non-hydrogen) atoms. The van der Waals surface area contributed by atoms with Gasteiger partial charge in [0.25, 0.3) is 0 Å². The Balaban J connectivity index is 2.72. The lowest BCUT2D eigenvalue weighted by atomic mass is 10.0. The summed E-state index contributed by atoms with van der Waals surface area (Å²) in [7, 11) is 0. The first-order valence-corrected chi connectivity index (χ1v) is 5.24. The third-order valence-corrected chi connectivity index (χ3v) is 3.24. The van der Waals surface area contributed by atoms with Crippen LogP contribution in [0.3, 0.4) is 0 Å². The van der Waals surface area contributed by atoms with Gasteiger partial charge in [-0.25, -0.2) is 0 Å². The van der Waals surface area contributed by atoms with Crippen molar-refractivity contribution >= 4 is 21.4 Å². The van der Waals surface area contributed by atoms with Crippen molar-refractivity contribution in [1.29, 1.82) is 0 Å². The van der Waals surface area contributed by atoms with E-state index in [1.165, 1.54) is 27.2 Å². The highest BCUT2D eigenvalue weighted by Crippen LogP contribution is 2.32. The summed E-state index contributed by atoms with van der Waals surface area (Å²) < 4.78 is 1.17. The minimum atomic E-state index is 0.405. The van der Waals surface area contributed by atoms with Gasteiger partial charge in [-0.3, -0.25) is 0 Å². The second-order valence-electron chi connectivity index (χ2n) is 3.25. The van der Waals surface area contributed by atoms with Crippen LogP contribution in [0.25, 0.3) is 10.1 Å². The normalized spacial score (nSPS) is 10.9. The lowest BCUT2D eigenvalue weighted by molar-refractivity contribution is 0.491. The Morgan fingerprint density at radius 1 is 1.31 bits per heavy atom. The number of hydrogen-bond donors (Lipinski definition) is 1. The van der Waals surface area contributed by atoms with E-state index in [4.69, 9.17) is 0 Å². The van der Waals surface area contributed by atoms with Gasteiger partial charge in [-0.2, -0.15) is 0 Å². The van der Waals surface area contributed by atoms with E-state index in [1.807, 2.05) is 6.07 Å². The standard InChI is InChI=1S/C11H12OS/c1-3-8-5-9-6-11(12)13-10(9)4-7(8)2/h4-6,12H,3H2,1-2H3. The predicted molar refractivity (Wildman–Crippen MR) is 57.6 cm³/mol. The van der Waals surface area contributed by atoms with Gasteiger partial charge >= 0.3 is 0 Å². The third-order valence-electron chi connectivity index (χ3n) is 2.34. The highest BCUT2D eigenvalue weighted by atomic mass is 32.1. The summed E-state index contributed by atoms with van der Waals surface area (Å²) in [6.07, 6.45) is 1.05. The first-order valence-electron chi connectivity index (χ1n) is 4.42. The molecule has 2 heteroatoms. The van der Waals surface area contributed by atoms with E-state index < -0.39 is 0 Å².